The minimum atomic E-state index is -0.824. The Morgan fingerprint density at radius 1 is 0.968 bits per heavy atom. The van der Waals surface area contributed by atoms with Crippen molar-refractivity contribution in [2.24, 2.45) is 0 Å². The van der Waals surface area contributed by atoms with Gasteiger partial charge in [0.15, 0.2) is 11.6 Å². The van der Waals surface area contributed by atoms with E-state index in [1.807, 2.05) is 24.3 Å². The van der Waals surface area contributed by atoms with Crippen molar-refractivity contribution in [2.75, 3.05) is 36.4 Å². The number of carbonyl (C=O) groups is 1. The van der Waals surface area contributed by atoms with E-state index in [9.17, 15) is 13.6 Å². The maximum absolute atomic E-state index is 14.2. The molecule has 1 saturated heterocycles. The Bertz CT molecular complexity index is 1160. The van der Waals surface area contributed by atoms with Gasteiger partial charge in [-0.2, -0.15) is 0 Å². The Kier molecular flexibility index (Phi) is 5.09. The number of aromatic nitrogens is 2. The third-order valence-electron chi connectivity index (χ3n) is 5.59. The van der Waals surface area contributed by atoms with Gasteiger partial charge in [-0.05, 0) is 37.1 Å². The molecule has 1 aromatic heterocycles. The van der Waals surface area contributed by atoms with Crippen LogP contribution < -0.4 is 10.2 Å². The second kappa shape index (κ2) is 7.92. The minimum absolute atomic E-state index is 0.336. The molecule has 1 aliphatic heterocycles. The second-order valence-electron chi connectivity index (χ2n) is 7.80. The number of anilines is 2. The van der Waals surface area contributed by atoms with E-state index in [1.165, 1.54) is 4.90 Å². The molecule has 1 aliphatic carbocycles. The molecule has 1 amide bonds. The van der Waals surface area contributed by atoms with E-state index in [1.54, 1.807) is 0 Å². The highest BCUT2D eigenvalue weighted by molar-refractivity contribution is 6.34. The molecule has 160 valence electrons. The minimum Gasteiger partial charge on any atom is -0.364 e. The van der Waals surface area contributed by atoms with E-state index < -0.39 is 28.1 Å². The first kappa shape index (κ1) is 19.9. The molecule has 3 aromatic rings. The van der Waals surface area contributed by atoms with Crippen LogP contribution >= 0.6 is 11.6 Å². The quantitative estimate of drug-likeness (QED) is 0.615. The van der Waals surface area contributed by atoms with Crippen LogP contribution in [0.1, 0.15) is 23.2 Å². The van der Waals surface area contributed by atoms with Crippen molar-refractivity contribution in [1.82, 2.24) is 14.9 Å². The normalized spacial score (nSPS) is 16.6. The third-order valence-corrected chi connectivity index (χ3v) is 5.96. The maximum Gasteiger partial charge on any atom is 0.258 e. The van der Waals surface area contributed by atoms with Gasteiger partial charge in [0.2, 0.25) is 0 Å². The molecule has 0 bridgehead atoms. The standard InChI is InChI=1S/C22H20ClF2N5O/c23-19-15(25)8-7-14(24)18(19)22(31)30-11-9-29(10-12-30)21-20(26-13-5-6-13)27-16-3-1-2-4-17(16)28-21/h1-4,7-8,13H,5-6,9-12H2,(H,26,27). The van der Waals surface area contributed by atoms with Crippen LogP contribution in [-0.2, 0) is 0 Å². The molecule has 2 fully saturated rings. The number of nitrogens with one attached hydrogen (secondary N) is 1. The zero-order valence-corrected chi connectivity index (χ0v) is 17.4. The van der Waals surface area contributed by atoms with Crippen molar-refractivity contribution >= 4 is 40.2 Å². The Morgan fingerprint density at radius 3 is 2.29 bits per heavy atom. The lowest BCUT2D eigenvalue weighted by Crippen LogP contribution is -2.49. The fraction of sp³-hybridized carbons (Fsp3) is 0.318. The number of amides is 1. The molecule has 5 rings (SSSR count). The molecular weight excluding hydrogens is 424 g/mol. The van der Waals surface area contributed by atoms with Gasteiger partial charge in [-0.3, -0.25) is 4.79 Å². The lowest BCUT2D eigenvalue weighted by molar-refractivity contribution is 0.0741. The summed E-state index contributed by atoms with van der Waals surface area (Å²) in [6, 6.07) is 9.94. The Labute approximate surface area is 182 Å². The molecule has 2 aromatic carbocycles. The van der Waals surface area contributed by atoms with E-state index in [-0.39, 0.29) is 0 Å². The van der Waals surface area contributed by atoms with Crippen LogP contribution in [0, 0.1) is 11.6 Å². The van der Waals surface area contributed by atoms with Gasteiger partial charge in [0.1, 0.15) is 11.6 Å². The fourth-order valence-corrected chi connectivity index (χ4v) is 3.97. The Balaban J connectivity index is 1.37. The van der Waals surface area contributed by atoms with Crippen molar-refractivity contribution in [2.45, 2.75) is 18.9 Å². The largest absolute Gasteiger partial charge is 0.364 e. The predicted molar refractivity (Wildman–Crippen MR) is 116 cm³/mol. The number of carbonyl (C=O) groups excluding carboxylic acids is 1. The lowest BCUT2D eigenvalue weighted by atomic mass is 10.1. The summed E-state index contributed by atoms with van der Waals surface area (Å²) in [5, 5.41) is 2.97. The summed E-state index contributed by atoms with van der Waals surface area (Å²) in [6.45, 7) is 1.66. The topological polar surface area (TPSA) is 61.4 Å². The zero-order chi connectivity index (χ0) is 21.5. The highest BCUT2D eigenvalue weighted by Crippen LogP contribution is 2.31. The number of fused-ring (bicyclic) bond motifs is 1. The molecule has 0 atom stereocenters. The molecule has 0 spiro atoms. The summed E-state index contributed by atoms with van der Waals surface area (Å²) >= 11 is 5.87. The number of nitrogens with zero attached hydrogens (tertiary/aromatic N) is 4. The van der Waals surface area contributed by atoms with Crippen molar-refractivity contribution in [3.05, 3.63) is 58.6 Å². The molecular formula is C22H20ClF2N5O. The molecule has 0 unspecified atom stereocenters. The van der Waals surface area contributed by atoms with Gasteiger partial charge in [-0.15, -0.1) is 0 Å². The van der Waals surface area contributed by atoms with Gasteiger partial charge in [0.25, 0.3) is 5.91 Å². The van der Waals surface area contributed by atoms with Crippen LogP contribution in [0.15, 0.2) is 36.4 Å². The number of benzene rings is 2. The number of rotatable bonds is 4. The van der Waals surface area contributed by atoms with Crippen LogP contribution in [-0.4, -0.2) is 53.0 Å². The average Bonchev–Trinajstić information content (AvgIpc) is 3.60. The SMILES string of the molecule is O=C(c1c(F)ccc(F)c1Cl)N1CCN(c2nc3ccccc3nc2NC2CC2)CC1. The fourth-order valence-electron chi connectivity index (χ4n) is 3.73. The smallest absolute Gasteiger partial charge is 0.258 e. The number of para-hydroxylation sites is 2. The van der Waals surface area contributed by atoms with Crippen molar-refractivity contribution in [3.63, 3.8) is 0 Å². The Hall–Kier alpha value is -3.00. The average molecular weight is 444 g/mol. The first-order valence-electron chi connectivity index (χ1n) is 10.2. The molecule has 0 radical (unpaired) electrons. The lowest BCUT2D eigenvalue weighted by Gasteiger charge is -2.36. The number of piperazine rings is 1. The van der Waals surface area contributed by atoms with E-state index in [0.29, 0.717) is 32.2 Å². The van der Waals surface area contributed by atoms with Crippen molar-refractivity contribution in [1.29, 1.82) is 0 Å². The van der Waals surface area contributed by atoms with E-state index in [0.717, 1.165) is 47.6 Å². The summed E-state index contributed by atoms with van der Waals surface area (Å²) < 4.78 is 27.9. The summed E-state index contributed by atoms with van der Waals surface area (Å²) in [5.74, 6) is -0.766. The number of hydrogen-bond donors (Lipinski definition) is 1. The zero-order valence-electron chi connectivity index (χ0n) is 16.6. The second-order valence-corrected chi connectivity index (χ2v) is 8.18. The summed E-state index contributed by atoms with van der Waals surface area (Å²) in [6.07, 6.45) is 2.21. The van der Waals surface area contributed by atoms with Gasteiger partial charge >= 0.3 is 0 Å². The van der Waals surface area contributed by atoms with Crippen LogP contribution in [0.3, 0.4) is 0 Å². The van der Waals surface area contributed by atoms with E-state index in [2.05, 4.69) is 10.2 Å². The molecule has 2 heterocycles. The highest BCUT2D eigenvalue weighted by Gasteiger charge is 2.30. The number of hydrogen-bond acceptors (Lipinski definition) is 5. The highest BCUT2D eigenvalue weighted by atomic mass is 35.5. The van der Waals surface area contributed by atoms with Crippen LogP contribution in [0.5, 0.6) is 0 Å². The summed E-state index contributed by atoms with van der Waals surface area (Å²) in [4.78, 5) is 25.9. The first-order valence-corrected chi connectivity index (χ1v) is 10.6. The van der Waals surface area contributed by atoms with Crippen molar-refractivity contribution < 1.29 is 13.6 Å². The van der Waals surface area contributed by atoms with Crippen molar-refractivity contribution in [3.8, 4) is 0 Å². The van der Waals surface area contributed by atoms with E-state index >= 15 is 0 Å². The van der Waals surface area contributed by atoms with Gasteiger partial charge in [0.05, 0.1) is 21.6 Å². The molecule has 31 heavy (non-hydrogen) atoms. The monoisotopic (exact) mass is 443 g/mol. The first-order chi connectivity index (χ1) is 15.0. The van der Waals surface area contributed by atoms with Gasteiger partial charge in [-0.25, -0.2) is 18.7 Å². The third kappa shape index (κ3) is 3.87. The van der Waals surface area contributed by atoms with Crippen LogP contribution in [0.25, 0.3) is 11.0 Å². The predicted octanol–water partition coefficient (Wildman–Crippen LogP) is 4.10. The Morgan fingerprint density at radius 2 is 1.61 bits per heavy atom. The van der Waals surface area contributed by atoms with E-state index in [4.69, 9.17) is 21.6 Å². The van der Waals surface area contributed by atoms with Gasteiger partial charge in [0, 0.05) is 32.2 Å². The molecule has 1 saturated carbocycles. The van der Waals surface area contributed by atoms with Gasteiger partial charge < -0.3 is 15.1 Å². The number of halogens is 3. The van der Waals surface area contributed by atoms with Gasteiger partial charge in [-0.1, -0.05) is 23.7 Å². The molecule has 1 N–H and O–H groups in total. The maximum atomic E-state index is 14.2. The molecule has 2 aliphatic rings. The molecule has 9 heteroatoms. The van der Waals surface area contributed by atoms with Crippen LogP contribution in [0.4, 0.5) is 20.4 Å². The molecule has 6 nitrogen and oxygen atoms in total. The summed E-state index contributed by atoms with van der Waals surface area (Å²) in [5.41, 5.74) is 1.20. The summed E-state index contributed by atoms with van der Waals surface area (Å²) in [7, 11) is 0. The van der Waals surface area contributed by atoms with Crippen LogP contribution in [0.2, 0.25) is 5.02 Å².